The van der Waals surface area contributed by atoms with Gasteiger partial charge in [0.25, 0.3) is 0 Å². The molecule has 0 atom stereocenters. The van der Waals surface area contributed by atoms with E-state index in [0.717, 1.165) is 21.8 Å². The van der Waals surface area contributed by atoms with Crippen molar-refractivity contribution in [2.45, 2.75) is 4.90 Å². The highest BCUT2D eigenvalue weighted by Gasteiger charge is 2.07. The summed E-state index contributed by atoms with van der Waals surface area (Å²) in [5, 5.41) is 0. The number of ketones is 1. The highest BCUT2D eigenvalue weighted by molar-refractivity contribution is 7.99. The van der Waals surface area contributed by atoms with E-state index in [-0.39, 0.29) is 5.78 Å². The highest BCUT2D eigenvalue weighted by Crippen LogP contribution is 2.19. The minimum atomic E-state index is 0.0611. The Balaban J connectivity index is 2.12. The minimum Gasteiger partial charge on any atom is -0.330 e. The third kappa shape index (κ3) is 3.22. The Kier molecular flexibility index (Phi) is 4.56. The van der Waals surface area contributed by atoms with Crippen molar-refractivity contribution in [2.24, 2.45) is 5.73 Å². The summed E-state index contributed by atoms with van der Waals surface area (Å²) in [7, 11) is 0. The Labute approximate surface area is 111 Å². The summed E-state index contributed by atoms with van der Waals surface area (Å²) in [5.74, 6) is 0.956. The number of carbonyl (C=O) groups is 1. The molecule has 2 nitrogen and oxygen atoms in total. The van der Waals surface area contributed by atoms with Crippen LogP contribution < -0.4 is 5.73 Å². The maximum absolute atomic E-state index is 12.1. The number of rotatable bonds is 5. The van der Waals surface area contributed by atoms with Gasteiger partial charge >= 0.3 is 0 Å². The summed E-state index contributed by atoms with van der Waals surface area (Å²) >= 11 is 1.70. The van der Waals surface area contributed by atoms with Crippen LogP contribution in [0.4, 0.5) is 0 Å². The van der Waals surface area contributed by atoms with Gasteiger partial charge < -0.3 is 5.73 Å². The quantitative estimate of drug-likeness (QED) is 0.661. The Morgan fingerprint density at radius 3 is 2.17 bits per heavy atom. The Morgan fingerprint density at radius 1 is 0.944 bits per heavy atom. The number of nitrogens with two attached hydrogens (primary N) is 1. The van der Waals surface area contributed by atoms with Gasteiger partial charge in [-0.2, -0.15) is 0 Å². The van der Waals surface area contributed by atoms with E-state index < -0.39 is 0 Å². The van der Waals surface area contributed by atoms with Gasteiger partial charge in [-0.15, -0.1) is 11.8 Å². The molecule has 2 aromatic carbocycles. The van der Waals surface area contributed by atoms with Gasteiger partial charge in [0.2, 0.25) is 0 Å². The summed E-state index contributed by atoms with van der Waals surface area (Å²) in [6.45, 7) is 0.662. The van der Waals surface area contributed by atoms with Crippen LogP contribution in [0.5, 0.6) is 0 Å². The topological polar surface area (TPSA) is 43.1 Å². The lowest BCUT2D eigenvalue weighted by Crippen LogP contribution is -2.02. The van der Waals surface area contributed by atoms with Crippen molar-refractivity contribution in [3.8, 4) is 0 Å². The second-order valence-electron chi connectivity index (χ2n) is 3.86. The molecule has 0 amide bonds. The van der Waals surface area contributed by atoms with Crippen molar-refractivity contribution >= 4 is 17.5 Å². The zero-order valence-electron chi connectivity index (χ0n) is 10.0. The monoisotopic (exact) mass is 257 g/mol. The smallest absolute Gasteiger partial charge is 0.193 e. The largest absolute Gasteiger partial charge is 0.330 e. The van der Waals surface area contributed by atoms with Gasteiger partial charge in [0, 0.05) is 28.3 Å². The van der Waals surface area contributed by atoms with Crippen molar-refractivity contribution in [2.75, 3.05) is 12.3 Å². The number of thioether (sulfide) groups is 1. The lowest BCUT2D eigenvalue weighted by molar-refractivity contribution is 0.103. The minimum absolute atomic E-state index is 0.0611. The van der Waals surface area contributed by atoms with Crippen LogP contribution in [0.25, 0.3) is 0 Å². The molecule has 2 N–H and O–H groups in total. The third-order valence-electron chi connectivity index (χ3n) is 2.54. The Bertz CT molecular complexity index is 508. The third-order valence-corrected chi connectivity index (χ3v) is 3.58. The van der Waals surface area contributed by atoms with Crippen LogP contribution in [0.3, 0.4) is 0 Å². The van der Waals surface area contributed by atoms with Gasteiger partial charge in [0.15, 0.2) is 5.78 Å². The predicted octanol–water partition coefficient (Wildman–Crippen LogP) is 2.97. The predicted molar refractivity (Wildman–Crippen MR) is 76.1 cm³/mol. The molecule has 0 aromatic heterocycles. The van der Waals surface area contributed by atoms with Gasteiger partial charge in [-0.1, -0.05) is 30.3 Å². The summed E-state index contributed by atoms with van der Waals surface area (Å²) < 4.78 is 0. The summed E-state index contributed by atoms with van der Waals surface area (Å²) in [6.07, 6.45) is 0. The molecule has 0 aliphatic rings. The van der Waals surface area contributed by atoms with Crippen molar-refractivity contribution in [3.63, 3.8) is 0 Å². The van der Waals surface area contributed by atoms with E-state index in [2.05, 4.69) is 0 Å². The summed E-state index contributed by atoms with van der Waals surface area (Å²) in [5.41, 5.74) is 6.90. The molecule has 0 fully saturated rings. The average molecular weight is 257 g/mol. The molecule has 0 aliphatic carbocycles. The molecule has 0 spiro atoms. The van der Waals surface area contributed by atoms with Crippen LogP contribution in [0.2, 0.25) is 0 Å². The molecule has 18 heavy (non-hydrogen) atoms. The first-order valence-electron chi connectivity index (χ1n) is 5.84. The van der Waals surface area contributed by atoms with E-state index in [0.29, 0.717) is 6.54 Å². The maximum atomic E-state index is 12.1. The maximum Gasteiger partial charge on any atom is 0.193 e. The summed E-state index contributed by atoms with van der Waals surface area (Å²) in [6, 6.07) is 17.0. The van der Waals surface area contributed by atoms with Crippen molar-refractivity contribution in [3.05, 3.63) is 65.7 Å². The number of hydrogen-bond acceptors (Lipinski definition) is 3. The molecule has 0 aliphatic heterocycles. The number of benzene rings is 2. The molecule has 0 saturated heterocycles. The van der Waals surface area contributed by atoms with Gasteiger partial charge in [-0.3, -0.25) is 4.79 Å². The van der Waals surface area contributed by atoms with Crippen LogP contribution in [-0.2, 0) is 0 Å². The first-order chi connectivity index (χ1) is 8.81. The first-order valence-corrected chi connectivity index (χ1v) is 6.82. The van der Waals surface area contributed by atoms with Crippen LogP contribution >= 0.6 is 11.8 Å². The molecule has 2 aromatic rings. The van der Waals surface area contributed by atoms with Crippen LogP contribution in [0.1, 0.15) is 15.9 Å². The van der Waals surface area contributed by atoms with Crippen LogP contribution in [0.15, 0.2) is 59.5 Å². The molecule has 0 radical (unpaired) electrons. The molecule has 3 heteroatoms. The lowest BCUT2D eigenvalue weighted by Gasteiger charge is -2.03. The standard InChI is InChI=1S/C15H15NOS/c16-10-11-18-14-8-6-13(7-9-14)15(17)12-4-2-1-3-5-12/h1-9H,10-11,16H2. The van der Waals surface area contributed by atoms with Crippen molar-refractivity contribution in [1.82, 2.24) is 0 Å². The van der Waals surface area contributed by atoms with E-state index in [4.69, 9.17) is 5.73 Å². The molecule has 0 saturated carbocycles. The van der Waals surface area contributed by atoms with Gasteiger partial charge in [0.1, 0.15) is 0 Å². The molecular weight excluding hydrogens is 242 g/mol. The second kappa shape index (κ2) is 6.38. The fourth-order valence-electron chi connectivity index (χ4n) is 1.64. The molecule has 92 valence electrons. The van der Waals surface area contributed by atoms with E-state index in [1.165, 1.54) is 0 Å². The lowest BCUT2D eigenvalue weighted by atomic mass is 10.0. The van der Waals surface area contributed by atoms with Crippen molar-refractivity contribution in [1.29, 1.82) is 0 Å². The Hall–Kier alpha value is -1.58. The zero-order chi connectivity index (χ0) is 12.8. The Morgan fingerprint density at radius 2 is 1.56 bits per heavy atom. The van der Waals surface area contributed by atoms with Crippen LogP contribution in [-0.4, -0.2) is 18.1 Å². The van der Waals surface area contributed by atoms with Crippen LogP contribution in [0, 0.1) is 0 Å². The fraction of sp³-hybridized carbons (Fsp3) is 0.133. The molecule has 2 rings (SSSR count). The zero-order valence-corrected chi connectivity index (χ0v) is 10.8. The highest BCUT2D eigenvalue weighted by atomic mass is 32.2. The number of hydrogen-bond donors (Lipinski definition) is 1. The molecular formula is C15H15NOS. The van der Waals surface area contributed by atoms with Crippen molar-refractivity contribution < 1.29 is 4.79 Å². The van der Waals surface area contributed by atoms with Gasteiger partial charge in [-0.25, -0.2) is 0 Å². The van der Waals surface area contributed by atoms with E-state index in [1.54, 1.807) is 11.8 Å². The van der Waals surface area contributed by atoms with Gasteiger partial charge in [-0.05, 0) is 24.3 Å². The normalized spacial score (nSPS) is 10.3. The van der Waals surface area contributed by atoms with E-state index in [9.17, 15) is 4.79 Å². The SMILES string of the molecule is NCCSc1ccc(C(=O)c2ccccc2)cc1. The average Bonchev–Trinajstić information content (AvgIpc) is 2.46. The molecule has 0 heterocycles. The summed E-state index contributed by atoms with van der Waals surface area (Å²) in [4.78, 5) is 13.3. The molecule has 0 unspecified atom stereocenters. The fourth-order valence-corrected chi connectivity index (χ4v) is 2.32. The van der Waals surface area contributed by atoms with Gasteiger partial charge in [0.05, 0.1) is 0 Å². The van der Waals surface area contributed by atoms with E-state index >= 15 is 0 Å². The number of carbonyl (C=O) groups excluding carboxylic acids is 1. The second-order valence-corrected chi connectivity index (χ2v) is 5.02. The molecule has 0 bridgehead atoms. The van der Waals surface area contributed by atoms with E-state index in [1.807, 2.05) is 54.6 Å². The first kappa shape index (κ1) is 12.9.